The Bertz CT molecular complexity index is 1400. The molecule has 3 heterocycles. The minimum Gasteiger partial charge on any atom is -0.484 e. The molecule has 8 heteroatoms. The molecule has 3 aliphatic heterocycles. The molecule has 3 saturated heterocycles. The van der Waals surface area contributed by atoms with Crippen molar-refractivity contribution in [3.63, 3.8) is 0 Å². The topological polar surface area (TPSA) is 107 Å². The summed E-state index contributed by atoms with van der Waals surface area (Å²) < 4.78 is 32.3. The van der Waals surface area contributed by atoms with Crippen LogP contribution < -0.4 is 4.74 Å². The van der Waals surface area contributed by atoms with E-state index in [9.17, 15) is 15.3 Å². The van der Waals surface area contributed by atoms with E-state index in [1.54, 1.807) is 0 Å². The lowest BCUT2D eigenvalue weighted by Crippen LogP contribution is -2.62. The van der Waals surface area contributed by atoms with E-state index in [1.165, 1.54) is 31.3 Å². The number of allylic oxidation sites excluding steroid dienone is 1. The SMILES string of the molecule is Cc1cccc(C)c1OC1C(O)C(CO)OC(OC2CCC3(C)C(=CCC4C3CCC3(C)C4CC4OC5(CCC(C)CO5)C(C)C43)C2)C1O. The number of aliphatic hydroxyl groups excluding tert-OH is 3. The zero-order valence-electron chi connectivity index (χ0n) is 30.5. The van der Waals surface area contributed by atoms with Gasteiger partial charge < -0.3 is 39.0 Å². The van der Waals surface area contributed by atoms with Gasteiger partial charge in [0.2, 0.25) is 0 Å². The third-order valence-corrected chi connectivity index (χ3v) is 15.1. The van der Waals surface area contributed by atoms with Crippen LogP contribution in [0, 0.1) is 60.2 Å². The molecule has 16 atom stereocenters. The number of hydrogen-bond acceptors (Lipinski definition) is 8. The van der Waals surface area contributed by atoms with Crippen LogP contribution in [-0.4, -0.2) is 77.2 Å². The third kappa shape index (κ3) is 5.40. The fourth-order valence-corrected chi connectivity index (χ4v) is 12.4. The second-order valence-electron chi connectivity index (χ2n) is 17.8. The van der Waals surface area contributed by atoms with Crippen molar-refractivity contribution in [2.75, 3.05) is 13.2 Å². The van der Waals surface area contributed by atoms with E-state index in [-0.39, 0.29) is 17.3 Å². The maximum atomic E-state index is 11.5. The van der Waals surface area contributed by atoms with Crippen molar-refractivity contribution < 1.29 is 39.0 Å². The molecule has 1 aromatic rings. The number of rotatable bonds is 5. The lowest BCUT2D eigenvalue weighted by atomic mass is 9.47. The summed E-state index contributed by atoms with van der Waals surface area (Å²) in [6.07, 6.45) is 7.19. The molecule has 3 N–H and O–H groups in total. The molecule has 6 fully saturated rings. The number of aryl methyl sites for hydroxylation is 2. The number of benzene rings is 1. The maximum absolute atomic E-state index is 11.5. The van der Waals surface area contributed by atoms with Gasteiger partial charge in [0.1, 0.15) is 24.1 Å². The molecule has 49 heavy (non-hydrogen) atoms. The van der Waals surface area contributed by atoms with Gasteiger partial charge in [-0.25, -0.2) is 0 Å². The van der Waals surface area contributed by atoms with Crippen LogP contribution in [0.4, 0.5) is 0 Å². The highest BCUT2D eigenvalue weighted by molar-refractivity contribution is 5.40. The molecule has 0 aromatic heterocycles. The van der Waals surface area contributed by atoms with Gasteiger partial charge in [-0.05, 0) is 117 Å². The Morgan fingerprint density at radius 2 is 1.73 bits per heavy atom. The maximum Gasteiger partial charge on any atom is 0.188 e. The molecular formula is C41H60O8. The average Bonchev–Trinajstić information content (AvgIpc) is 3.52. The summed E-state index contributed by atoms with van der Waals surface area (Å²) >= 11 is 0. The number of fused-ring (bicyclic) bond motifs is 7. The molecule has 8 rings (SSSR count). The number of ether oxygens (including phenoxy) is 5. The first kappa shape index (κ1) is 34.6. The molecule has 0 radical (unpaired) electrons. The van der Waals surface area contributed by atoms with Crippen LogP contribution in [0.5, 0.6) is 5.75 Å². The quantitative estimate of drug-likeness (QED) is 0.314. The Labute approximate surface area is 292 Å². The van der Waals surface area contributed by atoms with Crippen molar-refractivity contribution in [2.45, 2.75) is 148 Å². The average molecular weight is 681 g/mol. The smallest absolute Gasteiger partial charge is 0.188 e. The van der Waals surface area contributed by atoms with E-state index in [1.807, 2.05) is 32.0 Å². The van der Waals surface area contributed by atoms with Crippen molar-refractivity contribution >= 4 is 0 Å². The van der Waals surface area contributed by atoms with E-state index < -0.39 is 37.3 Å². The van der Waals surface area contributed by atoms with Gasteiger partial charge in [-0.15, -0.1) is 0 Å². The summed E-state index contributed by atoms with van der Waals surface area (Å²) in [5.74, 6) is 3.89. The van der Waals surface area contributed by atoms with Crippen LogP contribution in [0.2, 0.25) is 0 Å². The Morgan fingerprint density at radius 3 is 2.45 bits per heavy atom. The highest BCUT2D eigenvalue weighted by atomic mass is 16.7. The molecule has 1 aromatic carbocycles. The molecule has 8 nitrogen and oxygen atoms in total. The molecule has 0 amide bonds. The monoisotopic (exact) mass is 680 g/mol. The Kier molecular flexibility index (Phi) is 8.86. The van der Waals surface area contributed by atoms with Gasteiger partial charge in [0, 0.05) is 12.3 Å². The van der Waals surface area contributed by atoms with Gasteiger partial charge in [-0.2, -0.15) is 0 Å². The second kappa shape index (κ2) is 12.6. The lowest BCUT2D eigenvalue weighted by molar-refractivity contribution is -0.309. The van der Waals surface area contributed by atoms with Crippen LogP contribution in [0.25, 0.3) is 0 Å². The minimum absolute atomic E-state index is 0.116. The molecule has 7 aliphatic rings. The van der Waals surface area contributed by atoms with Crippen molar-refractivity contribution in [1.82, 2.24) is 0 Å². The Hall–Kier alpha value is -1.52. The van der Waals surface area contributed by atoms with Gasteiger partial charge in [0.15, 0.2) is 18.2 Å². The van der Waals surface area contributed by atoms with Gasteiger partial charge >= 0.3 is 0 Å². The van der Waals surface area contributed by atoms with Gasteiger partial charge in [-0.3, -0.25) is 0 Å². The van der Waals surface area contributed by atoms with E-state index in [2.05, 4.69) is 33.8 Å². The molecule has 3 saturated carbocycles. The summed E-state index contributed by atoms with van der Waals surface area (Å²) in [7, 11) is 0. The predicted molar refractivity (Wildman–Crippen MR) is 185 cm³/mol. The normalized spacial score (nSPS) is 50.6. The van der Waals surface area contributed by atoms with E-state index in [4.69, 9.17) is 23.7 Å². The van der Waals surface area contributed by atoms with Crippen molar-refractivity contribution in [3.05, 3.63) is 41.0 Å². The van der Waals surface area contributed by atoms with Gasteiger partial charge in [0.25, 0.3) is 0 Å². The van der Waals surface area contributed by atoms with Crippen LogP contribution in [-0.2, 0) is 18.9 Å². The highest BCUT2D eigenvalue weighted by Gasteiger charge is 2.68. The fraction of sp³-hybridized carbons (Fsp3) is 0.805. The second-order valence-corrected chi connectivity index (χ2v) is 17.8. The summed E-state index contributed by atoms with van der Waals surface area (Å²) in [6, 6.07) is 5.85. The van der Waals surface area contributed by atoms with Crippen molar-refractivity contribution in [3.8, 4) is 5.75 Å². The van der Waals surface area contributed by atoms with Crippen molar-refractivity contribution in [2.24, 2.45) is 46.3 Å². The predicted octanol–water partition coefficient (Wildman–Crippen LogP) is 6.24. The summed E-state index contributed by atoms with van der Waals surface area (Å²) in [4.78, 5) is 0. The van der Waals surface area contributed by atoms with Crippen LogP contribution in [0.3, 0.4) is 0 Å². The third-order valence-electron chi connectivity index (χ3n) is 15.1. The van der Waals surface area contributed by atoms with E-state index in [0.29, 0.717) is 52.8 Å². The summed E-state index contributed by atoms with van der Waals surface area (Å²) in [6.45, 7) is 14.1. The Balaban J connectivity index is 0.959. The highest BCUT2D eigenvalue weighted by Crippen LogP contribution is 2.70. The van der Waals surface area contributed by atoms with Gasteiger partial charge in [0.05, 0.1) is 25.4 Å². The molecule has 4 aliphatic carbocycles. The number of aliphatic hydroxyl groups is 3. The molecular weight excluding hydrogens is 620 g/mol. The standard InChI is InChI=1S/C41H60O8/c1-22-12-17-41(45-21-22)25(4)33-31(49-41)19-30-28-11-10-26-18-27(13-15-39(26,5)29(28)14-16-40(30,33)6)46-38-35(44)37(34(43)32(20-42)47-38)48-36-23(2)8-7-9-24(36)3/h7-10,22,25,27-35,37-38,42-44H,11-21H2,1-6H3. The van der Waals surface area contributed by atoms with Crippen LogP contribution >= 0.6 is 0 Å². The minimum atomic E-state index is -1.21. The van der Waals surface area contributed by atoms with Crippen LogP contribution in [0.15, 0.2) is 29.8 Å². The fourth-order valence-electron chi connectivity index (χ4n) is 12.4. The molecule has 16 unspecified atom stereocenters. The first-order valence-corrected chi connectivity index (χ1v) is 19.4. The largest absolute Gasteiger partial charge is 0.484 e. The summed E-state index contributed by atoms with van der Waals surface area (Å²) in [5, 5.41) is 32.6. The van der Waals surface area contributed by atoms with E-state index in [0.717, 1.165) is 49.8 Å². The number of hydrogen-bond donors (Lipinski definition) is 3. The van der Waals surface area contributed by atoms with Crippen molar-refractivity contribution in [1.29, 1.82) is 0 Å². The zero-order chi connectivity index (χ0) is 34.5. The molecule has 1 spiro atoms. The Morgan fingerprint density at radius 1 is 0.959 bits per heavy atom. The number of para-hydroxylation sites is 1. The zero-order valence-corrected chi connectivity index (χ0v) is 30.5. The molecule has 272 valence electrons. The first-order chi connectivity index (χ1) is 23.4. The van der Waals surface area contributed by atoms with E-state index >= 15 is 0 Å². The summed E-state index contributed by atoms with van der Waals surface area (Å²) in [5.41, 5.74) is 3.76. The van der Waals surface area contributed by atoms with Crippen LogP contribution in [0.1, 0.15) is 96.6 Å². The molecule has 0 bridgehead atoms. The first-order valence-electron chi connectivity index (χ1n) is 19.4. The lowest BCUT2D eigenvalue weighted by Gasteiger charge is -2.58. The van der Waals surface area contributed by atoms with Gasteiger partial charge in [-0.1, -0.05) is 57.5 Å².